The summed E-state index contributed by atoms with van der Waals surface area (Å²) in [6.45, 7) is 0. The fourth-order valence-electron chi connectivity index (χ4n) is 1.53. The number of nitrogens with zero attached hydrogens (tertiary/aromatic N) is 2. The molecule has 3 heteroatoms. The van der Waals surface area contributed by atoms with E-state index >= 15 is 0 Å². The van der Waals surface area contributed by atoms with Gasteiger partial charge in [0.15, 0.2) is 0 Å². The number of Topliss-reactive ketones (excluding diaryl/α,β-unsaturated/α-hetero) is 1. The molecule has 0 N–H and O–H groups in total. The lowest BCUT2D eigenvalue weighted by atomic mass is 10.2. The van der Waals surface area contributed by atoms with Gasteiger partial charge >= 0.3 is 0 Å². The molecule has 0 saturated heterocycles. The first-order chi connectivity index (χ1) is 9.16. The molecule has 3 nitrogen and oxygen atoms in total. The number of hydrogen-bond donors (Lipinski definition) is 0. The number of benzene rings is 1. The molecule has 0 unspecified atom stereocenters. The van der Waals surface area contributed by atoms with Crippen LogP contribution >= 0.6 is 0 Å². The first-order valence-corrected chi connectivity index (χ1v) is 5.91. The summed E-state index contributed by atoms with van der Waals surface area (Å²) in [4.78, 5) is 17.7. The number of ketones is 1. The lowest BCUT2D eigenvalue weighted by Gasteiger charge is -2.11. The molecule has 0 saturated carbocycles. The van der Waals surface area contributed by atoms with Crippen LogP contribution in [0.4, 0.5) is 5.69 Å². The number of anilines is 1. The van der Waals surface area contributed by atoms with E-state index in [9.17, 15) is 4.79 Å². The summed E-state index contributed by atoms with van der Waals surface area (Å²) in [6, 6.07) is 12.9. The molecule has 1 aromatic heterocycles. The Bertz CT molecular complexity index is 619. The minimum atomic E-state index is -0.266. The maximum absolute atomic E-state index is 11.7. The Labute approximate surface area is 112 Å². The van der Waals surface area contributed by atoms with Crippen molar-refractivity contribution >= 4 is 11.5 Å². The van der Waals surface area contributed by atoms with Gasteiger partial charge in [0.05, 0.1) is 0 Å². The predicted molar refractivity (Wildman–Crippen MR) is 76.2 cm³/mol. The molecular weight excluding hydrogens is 236 g/mol. The van der Waals surface area contributed by atoms with Gasteiger partial charge in [-0.2, -0.15) is 0 Å². The molecule has 1 aromatic carbocycles. The molecule has 1 heterocycles. The van der Waals surface area contributed by atoms with Gasteiger partial charge in [-0.1, -0.05) is 12.0 Å². The summed E-state index contributed by atoms with van der Waals surface area (Å²) in [5.74, 6) is 5.18. The number of carbonyl (C=O) groups excluding carboxylic acids is 1. The van der Waals surface area contributed by atoms with E-state index in [0.717, 1.165) is 11.3 Å². The fourth-order valence-corrected chi connectivity index (χ4v) is 1.53. The van der Waals surface area contributed by atoms with Crippen LogP contribution in [0.15, 0.2) is 48.7 Å². The van der Waals surface area contributed by atoms with E-state index in [0.29, 0.717) is 5.69 Å². The Morgan fingerprint density at radius 1 is 1.11 bits per heavy atom. The van der Waals surface area contributed by atoms with E-state index in [1.165, 1.54) is 0 Å². The second-order valence-corrected chi connectivity index (χ2v) is 4.24. The van der Waals surface area contributed by atoms with Crippen molar-refractivity contribution in [3.05, 3.63) is 59.9 Å². The summed E-state index contributed by atoms with van der Waals surface area (Å²) in [5.41, 5.74) is 2.29. The Morgan fingerprint density at radius 3 is 2.42 bits per heavy atom. The monoisotopic (exact) mass is 250 g/mol. The van der Waals surface area contributed by atoms with Gasteiger partial charge in [-0.15, -0.1) is 0 Å². The topological polar surface area (TPSA) is 33.2 Å². The lowest BCUT2D eigenvalue weighted by molar-refractivity contribution is 0.105. The minimum absolute atomic E-state index is 0.266. The zero-order valence-corrected chi connectivity index (χ0v) is 10.9. The highest BCUT2D eigenvalue weighted by molar-refractivity contribution is 6.07. The van der Waals surface area contributed by atoms with Gasteiger partial charge in [0.1, 0.15) is 5.69 Å². The maximum atomic E-state index is 11.7. The molecule has 0 fully saturated rings. The highest BCUT2D eigenvalue weighted by Gasteiger charge is 2.01. The average molecular weight is 250 g/mol. The van der Waals surface area contributed by atoms with Gasteiger partial charge in [0.2, 0.25) is 0 Å². The predicted octanol–water partition coefficient (Wildman–Crippen LogP) is 2.38. The molecular formula is C16H14N2O. The van der Waals surface area contributed by atoms with E-state index in [2.05, 4.69) is 16.8 Å². The molecule has 0 radical (unpaired) electrons. The quantitative estimate of drug-likeness (QED) is 0.606. The molecule has 19 heavy (non-hydrogen) atoms. The van der Waals surface area contributed by atoms with Gasteiger partial charge < -0.3 is 4.90 Å². The van der Waals surface area contributed by atoms with E-state index < -0.39 is 0 Å². The molecule has 0 bridgehead atoms. The largest absolute Gasteiger partial charge is 0.378 e. The first-order valence-electron chi connectivity index (χ1n) is 5.91. The Balaban J connectivity index is 2.14. The molecule has 2 aromatic rings. The second-order valence-electron chi connectivity index (χ2n) is 4.24. The third-order valence-corrected chi connectivity index (χ3v) is 2.60. The number of aromatic nitrogens is 1. The van der Waals surface area contributed by atoms with Crippen molar-refractivity contribution in [3.63, 3.8) is 0 Å². The zero-order chi connectivity index (χ0) is 13.7. The van der Waals surface area contributed by atoms with Crippen LogP contribution in [-0.2, 0) is 0 Å². The van der Waals surface area contributed by atoms with Crippen molar-refractivity contribution in [1.29, 1.82) is 0 Å². The van der Waals surface area contributed by atoms with Crippen LogP contribution in [0.3, 0.4) is 0 Å². The highest BCUT2D eigenvalue weighted by atomic mass is 16.1. The van der Waals surface area contributed by atoms with Crippen molar-refractivity contribution < 1.29 is 4.79 Å². The average Bonchev–Trinajstić information content (AvgIpc) is 2.46. The maximum Gasteiger partial charge on any atom is 0.254 e. The van der Waals surface area contributed by atoms with E-state index in [1.54, 1.807) is 24.4 Å². The van der Waals surface area contributed by atoms with E-state index in [-0.39, 0.29) is 5.78 Å². The Kier molecular flexibility index (Phi) is 3.94. The third kappa shape index (κ3) is 3.43. The normalized spacial score (nSPS) is 9.37. The van der Waals surface area contributed by atoms with Gasteiger partial charge in [0, 0.05) is 31.5 Å². The van der Waals surface area contributed by atoms with Crippen molar-refractivity contribution in [2.75, 3.05) is 19.0 Å². The third-order valence-electron chi connectivity index (χ3n) is 2.60. The number of rotatable bonds is 2. The highest BCUT2D eigenvalue weighted by Crippen LogP contribution is 2.11. The molecule has 0 amide bonds. The number of pyridine rings is 1. The summed E-state index contributed by atoms with van der Waals surface area (Å²) in [6.07, 6.45) is 1.58. The molecule has 0 aliphatic heterocycles. The summed E-state index contributed by atoms with van der Waals surface area (Å²) in [5, 5.41) is 0. The number of hydrogen-bond acceptors (Lipinski definition) is 3. The van der Waals surface area contributed by atoms with Crippen LogP contribution < -0.4 is 4.90 Å². The zero-order valence-electron chi connectivity index (χ0n) is 10.9. The Hall–Kier alpha value is -2.60. The molecule has 2 rings (SSSR count). The van der Waals surface area contributed by atoms with Crippen LogP contribution in [0.5, 0.6) is 0 Å². The van der Waals surface area contributed by atoms with Gasteiger partial charge in [0.25, 0.3) is 5.78 Å². The first kappa shape index (κ1) is 12.8. The van der Waals surface area contributed by atoms with Crippen LogP contribution in [0, 0.1) is 11.8 Å². The van der Waals surface area contributed by atoms with Crippen LogP contribution in [-0.4, -0.2) is 24.9 Å². The van der Waals surface area contributed by atoms with Crippen LogP contribution in [0.2, 0.25) is 0 Å². The van der Waals surface area contributed by atoms with E-state index in [1.807, 2.05) is 43.3 Å². The van der Waals surface area contributed by atoms with E-state index in [4.69, 9.17) is 0 Å². The van der Waals surface area contributed by atoms with Crippen molar-refractivity contribution in [2.24, 2.45) is 0 Å². The summed E-state index contributed by atoms with van der Waals surface area (Å²) >= 11 is 0. The SMILES string of the molecule is CN(C)c1ccc(C#CC(=O)c2ccccn2)cc1. The van der Waals surface area contributed by atoms with Crippen molar-refractivity contribution in [3.8, 4) is 11.8 Å². The van der Waals surface area contributed by atoms with Crippen LogP contribution in [0.1, 0.15) is 16.1 Å². The van der Waals surface area contributed by atoms with Crippen molar-refractivity contribution in [2.45, 2.75) is 0 Å². The molecule has 0 aliphatic carbocycles. The Morgan fingerprint density at radius 2 is 1.84 bits per heavy atom. The second kappa shape index (κ2) is 5.83. The molecule has 0 spiro atoms. The number of carbonyl (C=O) groups is 1. The molecule has 0 atom stereocenters. The molecule has 0 aliphatic rings. The van der Waals surface area contributed by atoms with Crippen LogP contribution in [0.25, 0.3) is 0 Å². The molecule has 94 valence electrons. The van der Waals surface area contributed by atoms with Crippen molar-refractivity contribution in [1.82, 2.24) is 4.98 Å². The standard InChI is InChI=1S/C16H14N2O/c1-18(2)14-9-6-13(7-10-14)8-11-16(19)15-5-3-4-12-17-15/h3-7,9-10,12H,1-2H3. The smallest absolute Gasteiger partial charge is 0.254 e. The lowest BCUT2D eigenvalue weighted by Crippen LogP contribution is -2.07. The van der Waals surface area contributed by atoms with Gasteiger partial charge in [-0.05, 0) is 42.3 Å². The summed E-state index contributed by atoms with van der Waals surface area (Å²) < 4.78 is 0. The van der Waals surface area contributed by atoms with Gasteiger partial charge in [-0.25, -0.2) is 0 Å². The fraction of sp³-hybridized carbons (Fsp3) is 0.125. The minimum Gasteiger partial charge on any atom is -0.378 e. The summed E-state index contributed by atoms with van der Waals surface area (Å²) in [7, 11) is 3.95. The van der Waals surface area contributed by atoms with Gasteiger partial charge in [-0.3, -0.25) is 9.78 Å².